The lowest BCUT2D eigenvalue weighted by atomic mass is 10.1. The number of hydrogen-bond acceptors (Lipinski definition) is 2. The van der Waals surface area contributed by atoms with Gasteiger partial charge in [-0.1, -0.05) is 43.7 Å². The maximum atomic E-state index is 12.9. The standard InChI is InChI=1S/C19H18FNOS/c1-2-5-16-15-6-3-4-7-17(15)23-18(16)19(22)21-12-13-8-10-14(20)11-9-13/h3-4,6-11H,2,5,12H2,1H3,(H,21,22). The fourth-order valence-electron chi connectivity index (χ4n) is 2.65. The van der Waals surface area contributed by atoms with Crippen molar-refractivity contribution in [3.05, 3.63) is 70.4 Å². The minimum absolute atomic E-state index is 0.0565. The van der Waals surface area contributed by atoms with Crippen LogP contribution in [0.3, 0.4) is 0 Å². The van der Waals surface area contributed by atoms with Crippen LogP contribution in [0.1, 0.15) is 34.1 Å². The Balaban J connectivity index is 1.82. The van der Waals surface area contributed by atoms with Gasteiger partial charge in [-0.15, -0.1) is 11.3 Å². The van der Waals surface area contributed by atoms with Gasteiger partial charge < -0.3 is 5.32 Å². The first-order valence-electron chi connectivity index (χ1n) is 7.72. The van der Waals surface area contributed by atoms with Gasteiger partial charge in [-0.25, -0.2) is 4.39 Å². The number of hydrogen-bond donors (Lipinski definition) is 1. The number of amides is 1. The summed E-state index contributed by atoms with van der Waals surface area (Å²) in [6, 6.07) is 14.3. The van der Waals surface area contributed by atoms with Crippen LogP contribution in [0.25, 0.3) is 10.1 Å². The second-order valence-corrected chi connectivity index (χ2v) is 6.52. The third-order valence-electron chi connectivity index (χ3n) is 3.77. The van der Waals surface area contributed by atoms with Crippen LogP contribution in [0.5, 0.6) is 0 Å². The summed E-state index contributed by atoms with van der Waals surface area (Å²) in [5.74, 6) is -0.325. The lowest BCUT2D eigenvalue weighted by Crippen LogP contribution is -2.22. The summed E-state index contributed by atoms with van der Waals surface area (Å²) < 4.78 is 14.1. The molecular weight excluding hydrogens is 309 g/mol. The Kier molecular flexibility index (Phi) is 4.72. The largest absolute Gasteiger partial charge is 0.347 e. The molecule has 0 aliphatic carbocycles. The van der Waals surface area contributed by atoms with Crippen molar-refractivity contribution in [1.82, 2.24) is 5.32 Å². The Morgan fingerprint density at radius 2 is 1.87 bits per heavy atom. The van der Waals surface area contributed by atoms with Gasteiger partial charge in [0.25, 0.3) is 5.91 Å². The van der Waals surface area contributed by atoms with Crippen molar-refractivity contribution >= 4 is 27.3 Å². The van der Waals surface area contributed by atoms with E-state index >= 15 is 0 Å². The molecule has 0 spiro atoms. The van der Waals surface area contributed by atoms with Crippen molar-refractivity contribution in [2.45, 2.75) is 26.3 Å². The van der Waals surface area contributed by atoms with E-state index in [0.717, 1.165) is 33.5 Å². The maximum Gasteiger partial charge on any atom is 0.261 e. The van der Waals surface area contributed by atoms with Gasteiger partial charge in [0.2, 0.25) is 0 Å². The fourth-order valence-corrected chi connectivity index (χ4v) is 3.81. The van der Waals surface area contributed by atoms with Gasteiger partial charge in [-0.3, -0.25) is 4.79 Å². The molecule has 2 nitrogen and oxygen atoms in total. The van der Waals surface area contributed by atoms with E-state index in [1.165, 1.54) is 28.9 Å². The summed E-state index contributed by atoms with van der Waals surface area (Å²) in [4.78, 5) is 13.4. The Bertz CT molecular complexity index is 823. The number of rotatable bonds is 5. The molecule has 0 fully saturated rings. The molecule has 0 aliphatic rings. The van der Waals surface area contributed by atoms with Gasteiger partial charge in [0, 0.05) is 11.2 Å². The Morgan fingerprint density at radius 3 is 2.61 bits per heavy atom. The predicted octanol–water partition coefficient (Wildman–Crippen LogP) is 4.92. The average molecular weight is 327 g/mol. The molecule has 0 saturated carbocycles. The second kappa shape index (κ2) is 6.92. The molecule has 23 heavy (non-hydrogen) atoms. The minimum atomic E-state index is -0.269. The van der Waals surface area contributed by atoms with Gasteiger partial charge >= 0.3 is 0 Å². The molecule has 3 rings (SSSR count). The number of nitrogens with one attached hydrogen (secondary N) is 1. The molecule has 1 N–H and O–H groups in total. The highest BCUT2D eigenvalue weighted by molar-refractivity contribution is 7.21. The van der Waals surface area contributed by atoms with Crippen LogP contribution >= 0.6 is 11.3 Å². The molecule has 0 saturated heterocycles. The molecule has 2 aromatic carbocycles. The number of carbonyl (C=O) groups is 1. The second-order valence-electron chi connectivity index (χ2n) is 5.47. The van der Waals surface area contributed by atoms with Crippen molar-refractivity contribution in [1.29, 1.82) is 0 Å². The van der Waals surface area contributed by atoms with Crippen LogP contribution < -0.4 is 5.32 Å². The SMILES string of the molecule is CCCc1c(C(=O)NCc2ccc(F)cc2)sc2ccccc12. The molecule has 1 amide bonds. The van der Waals surface area contributed by atoms with Crippen LogP contribution in [0, 0.1) is 5.82 Å². The molecule has 0 radical (unpaired) electrons. The maximum absolute atomic E-state index is 12.9. The molecule has 1 aromatic heterocycles. The smallest absolute Gasteiger partial charge is 0.261 e. The third-order valence-corrected chi connectivity index (χ3v) is 4.98. The molecule has 118 valence electrons. The molecule has 3 aromatic rings. The number of benzene rings is 2. The van der Waals surface area contributed by atoms with Crippen molar-refractivity contribution in [2.75, 3.05) is 0 Å². The zero-order chi connectivity index (χ0) is 16.2. The zero-order valence-corrected chi connectivity index (χ0v) is 13.8. The molecule has 0 atom stereocenters. The third kappa shape index (κ3) is 3.42. The van der Waals surface area contributed by atoms with Gasteiger partial charge in [0.05, 0.1) is 4.88 Å². The Morgan fingerprint density at radius 1 is 1.13 bits per heavy atom. The van der Waals surface area contributed by atoms with Crippen molar-refractivity contribution in [3.63, 3.8) is 0 Å². The first kappa shape index (κ1) is 15.7. The normalized spacial score (nSPS) is 10.9. The first-order chi connectivity index (χ1) is 11.2. The molecule has 0 aliphatic heterocycles. The lowest BCUT2D eigenvalue weighted by molar-refractivity contribution is 0.0954. The number of halogens is 1. The highest BCUT2D eigenvalue weighted by atomic mass is 32.1. The average Bonchev–Trinajstić information content (AvgIpc) is 2.93. The monoisotopic (exact) mass is 327 g/mol. The topological polar surface area (TPSA) is 29.1 Å². The Hall–Kier alpha value is -2.20. The van der Waals surface area contributed by atoms with Gasteiger partial charge in [0.1, 0.15) is 5.82 Å². The van der Waals surface area contributed by atoms with Gasteiger partial charge in [-0.2, -0.15) is 0 Å². The van der Waals surface area contributed by atoms with E-state index in [1.807, 2.05) is 12.1 Å². The highest BCUT2D eigenvalue weighted by Crippen LogP contribution is 2.32. The zero-order valence-electron chi connectivity index (χ0n) is 12.9. The van der Waals surface area contributed by atoms with E-state index in [1.54, 1.807) is 12.1 Å². The fraction of sp³-hybridized carbons (Fsp3) is 0.211. The summed E-state index contributed by atoms with van der Waals surface area (Å²) in [5.41, 5.74) is 2.02. The highest BCUT2D eigenvalue weighted by Gasteiger charge is 2.17. The molecule has 4 heteroatoms. The molecule has 0 unspecified atom stereocenters. The van der Waals surface area contributed by atoms with Crippen molar-refractivity contribution in [3.8, 4) is 0 Å². The van der Waals surface area contributed by atoms with E-state index in [0.29, 0.717) is 6.54 Å². The summed E-state index contributed by atoms with van der Waals surface area (Å²) >= 11 is 1.54. The van der Waals surface area contributed by atoms with Crippen LogP contribution in [0.2, 0.25) is 0 Å². The minimum Gasteiger partial charge on any atom is -0.347 e. The number of thiophene rings is 1. The van der Waals surface area contributed by atoms with E-state index in [4.69, 9.17) is 0 Å². The van der Waals surface area contributed by atoms with Crippen molar-refractivity contribution in [2.24, 2.45) is 0 Å². The first-order valence-corrected chi connectivity index (χ1v) is 8.53. The Labute approximate surface area is 139 Å². The van der Waals surface area contributed by atoms with Gasteiger partial charge in [-0.05, 0) is 41.1 Å². The summed E-state index contributed by atoms with van der Waals surface area (Å²) in [7, 11) is 0. The van der Waals surface area contributed by atoms with Crippen LogP contribution in [0.4, 0.5) is 4.39 Å². The van der Waals surface area contributed by atoms with E-state index in [9.17, 15) is 9.18 Å². The van der Waals surface area contributed by atoms with Gasteiger partial charge in [0.15, 0.2) is 0 Å². The van der Waals surface area contributed by atoms with Crippen molar-refractivity contribution < 1.29 is 9.18 Å². The quantitative estimate of drug-likeness (QED) is 0.708. The van der Waals surface area contributed by atoms with E-state index < -0.39 is 0 Å². The predicted molar refractivity (Wildman–Crippen MR) is 93.4 cm³/mol. The van der Waals surface area contributed by atoms with Crippen LogP contribution in [0.15, 0.2) is 48.5 Å². The van der Waals surface area contributed by atoms with E-state index in [2.05, 4.69) is 24.4 Å². The number of carbonyl (C=O) groups excluding carboxylic acids is 1. The summed E-state index contributed by atoms with van der Waals surface area (Å²) in [6.45, 7) is 2.52. The molecular formula is C19H18FNOS. The molecule has 0 bridgehead atoms. The number of fused-ring (bicyclic) bond motifs is 1. The molecule has 1 heterocycles. The summed E-state index contributed by atoms with van der Waals surface area (Å²) in [6.07, 6.45) is 1.89. The van der Waals surface area contributed by atoms with E-state index in [-0.39, 0.29) is 11.7 Å². The van der Waals surface area contributed by atoms with Crippen LogP contribution in [-0.4, -0.2) is 5.91 Å². The summed E-state index contributed by atoms with van der Waals surface area (Å²) in [5, 5.41) is 4.12. The van der Waals surface area contributed by atoms with Crippen LogP contribution in [-0.2, 0) is 13.0 Å². The number of aryl methyl sites for hydroxylation is 1. The lowest BCUT2D eigenvalue weighted by Gasteiger charge is -2.06.